The molecule has 0 bridgehead atoms. The van der Waals surface area contributed by atoms with E-state index >= 15 is 0 Å². The van der Waals surface area contributed by atoms with Gasteiger partial charge in [0.05, 0.1) is 12.2 Å². The lowest BCUT2D eigenvalue weighted by Gasteiger charge is -2.30. The highest BCUT2D eigenvalue weighted by Crippen LogP contribution is 2.34. The molecule has 3 rings (SSSR count). The molecule has 2 aromatic rings. The van der Waals surface area contributed by atoms with Gasteiger partial charge < -0.3 is 15.0 Å². The molecule has 1 aliphatic heterocycles. The Kier molecular flexibility index (Phi) is 4.70. The number of nitrogens with zero attached hydrogens (tertiary/aromatic N) is 1. The molecule has 1 heterocycles. The fraction of sp³-hybridized carbons (Fsp3) is 0.263. The van der Waals surface area contributed by atoms with Gasteiger partial charge in [0.15, 0.2) is 6.61 Å². The number of ether oxygens (including phenoxy) is 1. The zero-order valence-electron chi connectivity index (χ0n) is 14.1. The van der Waals surface area contributed by atoms with Crippen LogP contribution >= 0.6 is 0 Å². The Morgan fingerprint density at radius 3 is 2.64 bits per heavy atom. The molecule has 25 heavy (non-hydrogen) atoms. The minimum Gasteiger partial charge on any atom is -0.482 e. The normalized spacial score (nSPS) is 13.4. The van der Waals surface area contributed by atoms with Crippen molar-refractivity contribution in [2.24, 2.45) is 0 Å². The Balaban J connectivity index is 1.91. The number of carbonyl (C=O) groups is 2. The average molecular weight is 342 g/mol. The van der Waals surface area contributed by atoms with Gasteiger partial charge >= 0.3 is 0 Å². The van der Waals surface area contributed by atoms with Gasteiger partial charge in [0.1, 0.15) is 11.6 Å². The van der Waals surface area contributed by atoms with Crippen LogP contribution < -0.4 is 15.0 Å². The monoisotopic (exact) mass is 342 g/mol. The summed E-state index contributed by atoms with van der Waals surface area (Å²) in [6.45, 7) is 3.98. The summed E-state index contributed by atoms with van der Waals surface area (Å²) in [4.78, 5) is 26.1. The van der Waals surface area contributed by atoms with Gasteiger partial charge in [0, 0.05) is 11.6 Å². The molecule has 0 atom stereocenters. The van der Waals surface area contributed by atoms with Crippen LogP contribution in [0.25, 0.3) is 0 Å². The van der Waals surface area contributed by atoms with Gasteiger partial charge in [-0.2, -0.15) is 0 Å². The third kappa shape index (κ3) is 3.79. The zero-order chi connectivity index (χ0) is 18.0. The minimum absolute atomic E-state index is 0.0109. The molecule has 0 spiro atoms. The summed E-state index contributed by atoms with van der Waals surface area (Å²) in [5.74, 6) is -0.205. The standard InChI is InChI=1S/C19H19FN2O3/c1-12(2)21-19(24)14-5-8-17-16(9-14)22(18(23)11-25-17)10-13-3-6-15(20)7-4-13/h3-9,12H,10-11H2,1-2H3,(H,21,24). The van der Waals surface area contributed by atoms with Crippen LogP contribution in [0.5, 0.6) is 5.75 Å². The lowest BCUT2D eigenvalue weighted by Crippen LogP contribution is -2.38. The van der Waals surface area contributed by atoms with Crippen molar-refractivity contribution < 1.29 is 18.7 Å². The predicted molar refractivity (Wildman–Crippen MR) is 92.1 cm³/mol. The maximum atomic E-state index is 13.1. The van der Waals surface area contributed by atoms with Crippen molar-refractivity contribution in [3.63, 3.8) is 0 Å². The molecular formula is C19H19FN2O3. The van der Waals surface area contributed by atoms with Crippen LogP contribution in [-0.4, -0.2) is 24.5 Å². The number of benzene rings is 2. The van der Waals surface area contributed by atoms with E-state index in [1.54, 1.807) is 35.2 Å². The van der Waals surface area contributed by atoms with E-state index in [0.717, 1.165) is 5.56 Å². The number of halogens is 1. The molecule has 0 aromatic heterocycles. The van der Waals surface area contributed by atoms with Gasteiger partial charge in [0.2, 0.25) is 0 Å². The summed E-state index contributed by atoms with van der Waals surface area (Å²) in [6, 6.07) is 11.0. The maximum Gasteiger partial charge on any atom is 0.265 e. The van der Waals surface area contributed by atoms with Crippen LogP contribution in [0.1, 0.15) is 29.8 Å². The molecule has 0 radical (unpaired) electrons. The van der Waals surface area contributed by atoms with E-state index in [-0.39, 0.29) is 36.8 Å². The van der Waals surface area contributed by atoms with Crippen molar-refractivity contribution in [3.8, 4) is 5.75 Å². The van der Waals surface area contributed by atoms with Crippen LogP contribution in [0.2, 0.25) is 0 Å². The second kappa shape index (κ2) is 6.93. The highest BCUT2D eigenvalue weighted by molar-refractivity contribution is 6.01. The van der Waals surface area contributed by atoms with Gasteiger partial charge in [-0.1, -0.05) is 12.1 Å². The first-order chi connectivity index (χ1) is 11.9. The number of nitrogens with one attached hydrogen (secondary N) is 1. The molecule has 5 nitrogen and oxygen atoms in total. The fourth-order valence-electron chi connectivity index (χ4n) is 2.63. The third-order valence-electron chi connectivity index (χ3n) is 3.84. The van der Waals surface area contributed by atoms with E-state index < -0.39 is 0 Å². The lowest BCUT2D eigenvalue weighted by atomic mass is 10.1. The second-order valence-corrected chi connectivity index (χ2v) is 6.21. The number of fused-ring (bicyclic) bond motifs is 1. The molecule has 0 fully saturated rings. The molecule has 2 aromatic carbocycles. The van der Waals surface area contributed by atoms with E-state index in [1.165, 1.54) is 12.1 Å². The quantitative estimate of drug-likeness (QED) is 0.929. The molecule has 0 saturated carbocycles. The van der Waals surface area contributed by atoms with Gasteiger partial charge in [0.25, 0.3) is 11.8 Å². The number of hydrogen-bond acceptors (Lipinski definition) is 3. The van der Waals surface area contributed by atoms with E-state index in [4.69, 9.17) is 4.74 Å². The van der Waals surface area contributed by atoms with Crippen LogP contribution in [-0.2, 0) is 11.3 Å². The Hall–Kier alpha value is -2.89. The largest absolute Gasteiger partial charge is 0.482 e. The Bertz CT molecular complexity index is 803. The number of amides is 2. The molecule has 1 N–H and O–H groups in total. The zero-order valence-corrected chi connectivity index (χ0v) is 14.1. The SMILES string of the molecule is CC(C)NC(=O)c1ccc2c(c1)N(Cc1ccc(F)cc1)C(=O)CO2. The van der Waals surface area contributed by atoms with Crippen molar-refractivity contribution in [2.45, 2.75) is 26.4 Å². The highest BCUT2D eigenvalue weighted by atomic mass is 19.1. The summed E-state index contributed by atoms with van der Waals surface area (Å²) in [6.07, 6.45) is 0. The summed E-state index contributed by atoms with van der Waals surface area (Å²) >= 11 is 0. The predicted octanol–water partition coefficient (Wildman–Crippen LogP) is 2.89. The van der Waals surface area contributed by atoms with Gasteiger partial charge in [-0.05, 0) is 49.7 Å². The van der Waals surface area contributed by atoms with Gasteiger partial charge in [-0.25, -0.2) is 4.39 Å². The van der Waals surface area contributed by atoms with Crippen LogP contribution in [0, 0.1) is 5.82 Å². The van der Waals surface area contributed by atoms with E-state index in [0.29, 0.717) is 17.0 Å². The highest BCUT2D eigenvalue weighted by Gasteiger charge is 2.26. The summed E-state index contributed by atoms with van der Waals surface area (Å²) in [5, 5.41) is 2.82. The number of carbonyl (C=O) groups excluding carboxylic acids is 2. The maximum absolute atomic E-state index is 13.1. The topological polar surface area (TPSA) is 58.6 Å². The Morgan fingerprint density at radius 2 is 1.96 bits per heavy atom. The first kappa shape index (κ1) is 17.0. The number of anilines is 1. The minimum atomic E-state index is -0.329. The molecule has 6 heteroatoms. The fourth-order valence-corrected chi connectivity index (χ4v) is 2.63. The average Bonchev–Trinajstić information content (AvgIpc) is 2.58. The molecule has 130 valence electrons. The van der Waals surface area contributed by atoms with Crippen molar-refractivity contribution in [1.82, 2.24) is 5.32 Å². The molecule has 0 aliphatic carbocycles. The first-order valence-electron chi connectivity index (χ1n) is 8.06. The van der Waals surface area contributed by atoms with Gasteiger partial charge in [-0.15, -0.1) is 0 Å². The number of hydrogen-bond donors (Lipinski definition) is 1. The van der Waals surface area contributed by atoms with Crippen molar-refractivity contribution >= 4 is 17.5 Å². The lowest BCUT2D eigenvalue weighted by molar-refractivity contribution is -0.121. The smallest absolute Gasteiger partial charge is 0.265 e. The summed E-state index contributed by atoms with van der Waals surface area (Å²) in [7, 11) is 0. The Morgan fingerprint density at radius 1 is 1.24 bits per heavy atom. The van der Waals surface area contributed by atoms with E-state index in [1.807, 2.05) is 13.8 Å². The van der Waals surface area contributed by atoms with Crippen LogP contribution in [0.15, 0.2) is 42.5 Å². The first-order valence-corrected chi connectivity index (χ1v) is 8.06. The molecule has 1 aliphatic rings. The van der Waals surface area contributed by atoms with E-state index in [2.05, 4.69) is 5.32 Å². The van der Waals surface area contributed by atoms with Crippen molar-refractivity contribution in [3.05, 3.63) is 59.4 Å². The van der Waals surface area contributed by atoms with Crippen LogP contribution in [0.3, 0.4) is 0 Å². The van der Waals surface area contributed by atoms with Crippen molar-refractivity contribution in [2.75, 3.05) is 11.5 Å². The van der Waals surface area contributed by atoms with Crippen molar-refractivity contribution in [1.29, 1.82) is 0 Å². The van der Waals surface area contributed by atoms with E-state index in [9.17, 15) is 14.0 Å². The van der Waals surface area contributed by atoms with Crippen LogP contribution in [0.4, 0.5) is 10.1 Å². The molecular weight excluding hydrogens is 323 g/mol. The second-order valence-electron chi connectivity index (χ2n) is 6.21. The third-order valence-corrected chi connectivity index (χ3v) is 3.84. The van der Waals surface area contributed by atoms with Gasteiger partial charge in [-0.3, -0.25) is 9.59 Å². The molecule has 2 amide bonds. The molecule has 0 unspecified atom stereocenters. The molecule has 0 saturated heterocycles. The Labute approximate surface area is 145 Å². The number of rotatable bonds is 4. The summed E-state index contributed by atoms with van der Waals surface area (Å²) < 4.78 is 18.5. The summed E-state index contributed by atoms with van der Waals surface area (Å²) in [5.41, 5.74) is 1.78.